The molecule has 2 aliphatic rings. The molecule has 2 fully saturated rings. The molecule has 0 bridgehead atoms. The first kappa shape index (κ1) is 24.4. The highest BCUT2D eigenvalue weighted by Crippen LogP contribution is 2.18. The summed E-state index contributed by atoms with van der Waals surface area (Å²) < 4.78 is 0. The Bertz CT molecular complexity index is 449. The van der Waals surface area contributed by atoms with Gasteiger partial charge in [-0.3, -0.25) is 14.7 Å². The molecule has 1 heterocycles. The fraction of sp³-hybridized carbons (Fsp3) is 0.895. The molecule has 2 rings (SSSR count). The molecule has 0 aromatic rings. The fourth-order valence-electron chi connectivity index (χ4n) is 3.11. The maximum absolute atomic E-state index is 12.0. The van der Waals surface area contributed by atoms with Gasteiger partial charge in [0.1, 0.15) is 0 Å². The Kier molecular flexibility index (Phi) is 12.3. The molecule has 1 saturated carbocycles. The van der Waals surface area contributed by atoms with Crippen molar-refractivity contribution in [3.05, 3.63) is 0 Å². The van der Waals surface area contributed by atoms with Crippen LogP contribution in [0.5, 0.6) is 0 Å². The van der Waals surface area contributed by atoms with E-state index in [1.54, 1.807) is 0 Å². The van der Waals surface area contributed by atoms with Gasteiger partial charge in [-0.1, -0.05) is 13.3 Å². The third kappa shape index (κ3) is 9.94. The Morgan fingerprint density at radius 2 is 1.85 bits per heavy atom. The minimum Gasteiger partial charge on any atom is -0.357 e. The zero-order valence-corrected chi connectivity index (χ0v) is 19.7. The summed E-state index contributed by atoms with van der Waals surface area (Å²) in [6.07, 6.45) is 4.78. The number of aliphatic imine (C=N–C) groups is 1. The van der Waals surface area contributed by atoms with Gasteiger partial charge in [0.05, 0.1) is 13.1 Å². The predicted molar refractivity (Wildman–Crippen MR) is 123 cm³/mol. The maximum atomic E-state index is 12.0. The second kappa shape index (κ2) is 13.5. The van der Waals surface area contributed by atoms with Crippen molar-refractivity contribution in [1.29, 1.82) is 0 Å². The number of nitrogens with zero attached hydrogens (tertiary/aromatic N) is 4. The van der Waals surface area contributed by atoms with Crippen LogP contribution in [0.1, 0.15) is 39.5 Å². The van der Waals surface area contributed by atoms with Crippen molar-refractivity contribution in [2.45, 2.75) is 45.6 Å². The summed E-state index contributed by atoms with van der Waals surface area (Å²) in [7, 11) is 2.17. The number of rotatable bonds is 10. The van der Waals surface area contributed by atoms with Crippen molar-refractivity contribution >= 4 is 35.8 Å². The predicted octanol–water partition coefficient (Wildman–Crippen LogP) is 1.20. The van der Waals surface area contributed by atoms with Crippen LogP contribution in [0, 0.1) is 0 Å². The van der Waals surface area contributed by atoms with Gasteiger partial charge in [0.15, 0.2) is 5.96 Å². The highest BCUT2D eigenvalue weighted by molar-refractivity contribution is 14.0. The molecular formula is C19H39IN6O. The minimum absolute atomic E-state index is 0. The van der Waals surface area contributed by atoms with Crippen LogP contribution in [0.4, 0.5) is 0 Å². The van der Waals surface area contributed by atoms with E-state index >= 15 is 0 Å². The molecule has 0 spiro atoms. The minimum atomic E-state index is 0. The first-order valence-electron chi connectivity index (χ1n) is 10.4. The molecule has 1 saturated heterocycles. The summed E-state index contributed by atoms with van der Waals surface area (Å²) in [5.74, 6) is 1.19. The van der Waals surface area contributed by atoms with Crippen LogP contribution >= 0.6 is 24.0 Å². The number of amides is 1. The number of hydrogen-bond donors (Lipinski definition) is 2. The molecule has 0 unspecified atom stereocenters. The monoisotopic (exact) mass is 494 g/mol. The molecular weight excluding hydrogens is 455 g/mol. The Balaban J connectivity index is 0.00000364. The third-order valence-corrected chi connectivity index (χ3v) is 4.95. The van der Waals surface area contributed by atoms with Gasteiger partial charge < -0.3 is 20.4 Å². The molecule has 0 radical (unpaired) electrons. The van der Waals surface area contributed by atoms with Crippen LogP contribution in [0.15, 0.2) is 4.99 Å². The quantitative estimate of drug-likeness (QED) is 0.272. The SMILES string of the molecule is CCCCN(C)CCN=C(NCC)N1CCN(CC(=O)NC2CC2)CC1.I. The van der Waals surface area contributed by atoms with Crippen LogP contribution in [-0.2, 0) is 4.79 Å². The third-order valence-electron chi connectivity index (χ3n) is 4.95. The van der Waals surface area contributed by atoms with E-state index in [2.05, 4.69) is 46.2 Å². The van der Waals surface area contributed by atoms with Gasteiger partial charge >= 0.3 is 0 Å². The van der Waals surface area contributed by atoms with Gasteiger partial charge in [-0.2, -0.15) is 0 Å². The average molecular weight is 494 g/mol. The summed E-state index contributed by atoms with van der Waals surface area (Å²) in [5, 5.41) is 6.49. The van der Waals surface area contributed by atoms with Crippen molar-refractivity contribution in [2.75, 3.05) is 66.0 Å². The fourth-order valence-corrected chi connectivity index (χ4v) is 3.11. The Morgan fingerprint density at radius 1 is 1.15 bits per heavy atom. The summed E-state index contributed by atoms with van der Waals surface area (Å²) in [6.45, 7) is 12.4. The van der Waals surface area contributed by atoms with E-state index < -0.39 is 0 Å². The van der Waals surface area contributed by atoms with Crippen LogP contribution in [0.25, 0.3) is 0 Å². The number of piperazine rings is 1. The summed E-state index contributed by atoms with van der Waals surface area (Å²) in [6, 6.07) is 0.451. The summed E-state index contributed by atoms with van der Waals surface area (Å²) in [4.78, 5) is 23.7. The first-order valence-corrected chi connectivity index (χ1v) is 10.4. The number of unbranched alkanes of at least 4 members (excludes halogenated alkanes) is 1. The number of halogens is 1. The van der Waals surface area contributed by atoms with E-state index in [1.165, 1.54) is 12.8 Å². The zero-order chi connectivity index (χ0) is 18.8. The highest BCUT2D eigenvalue weighted by atomic mass is 127. The largest absolute Gasteiger partial charge is 0.357 e. The van der Waals surface area contributed by atoms with E-state index in [0.717, 1.165) is 71.2 Å². The molecule has 158 valence electrons. The number of likely N-dealkylation sites (N-methyl/N-ethyl adjacent to an activating group) is 1. The maximum Gasteiger partial charge on any atom is 0.234 e. The lowest BCUT2D eigenvalue weighted by molar-refractivity contribution is -0.122. The van der Waals surface area contributed by atoms with E-state index in [9.17, 15) is 4.79 Å². The topological polar surface area (TPSA) is 63.2 Å². The molecule has 0 aromatic carbocycles. The zero-order valence-electron chi connectivity index (χ0n) is 17.4. The first-order chi connectivity index (χ1) is 12.6. The van der Waals surface area contributed by atoms with Crippen LogP contribution in [0.3, 0.4) is 0 Å². The van der Waals surface area contributed by atoms with Gasteiger partial charge in [-0.15, -0.1) is 24.0 Å². The molecule has 8 heteroatoms. The Hall–Kier alpha value is -0.610. The van der Waals surface area contributed by atoms with E-state index in [4.69, 9.17) is 4.99 Å². The smallest absolute Gasteiger partial charge is 0.234 e. The molecule has 27 heavy (non-hydrogen) atoms. The molecule has 1 amide bonds. The van der Waals surface area contributed by atoms with Crippen LogP contribution in [0.2, 0.25) is 0 Å². The normalized spacial score (nSPS) is 18.4. The second-order valence-corrected chi connectivity index (χ2v) is 7.50. The van der Waals surface area contributed by atoms with E-state index in [-0.39, 0.29) is 29.9 Å². The number of hydrogen-bond acceptors (Lipinski definition) is 4. The van der Waals surface area contributed by atoms with Crippen molar-refractivity contribution < 1.29 is 4.79 Å². The lowest BCUT2D eigenvalue weighted by atomic mass is 10.3. The molecule has 0 aromatic heterocycles. The number of nitrogens with one attached hydrogen (secondary N) is 2. The highest BCUT2D eigenvalue weighted by Gasteiger charge is 2.25. The van der Waals surface area contributed by atoms with Crippen LogP contribution < -0.4 is 10.6 Å². The average Bonchev–Trinajstić information content (AvgIpc) is 3.43. The molecule has 0 atom stereocenters. The van der Waals surface area contributed by atoms with E-state index in [1.807, 2.05) is 0 Å². The summed E-state index contributed by atoms with van der Waals surface area (Å²) in [5.41, 5.74) is 0. The Morgan fingerprint density at radius 3 is 2.44 bits per heavy atom. The molecule has 1 aliphatic heterocycles. The summed E-state index contributed by atoms with van der Waals surface area (Å²) >= 11 is 0. The number of carbonyl (C=O) groups is 1. The van der Waals surface area contributed by atoms with Crippen LogP contribution in [-0.4, -0.2) is 98.6 Å². The van der Waals surface area contributed by atoms with Gasteiger partial charge in [-0.05, 0) is 39.8 Å². The second-order valence-electron chi connectivity index (χ2n) is 7.50. The van der Waals surface area contributed by atoms with Gasteiger partial charge in [0.25, 0.3) is 0 Å². The van der Waals surface area contributed by atoms with Crippen molar-refractivity contribution in [1.82, 2.24) is 25.3 Å². The Labute approximate surface area is 182 Å². The standard InChI is InChI=1S/C19H38N6O.HI/c1-4-6-10-23(3)11-9-21-19(20-5-2)25-14-12-24(13-15-25)16-18(26)22-17-7-8-17;/h17H,4-16H2,1-3H3,(H,20,21)(H,22,26);1H. The van der Waals surface area contributed by atoms with Gasteiger partial charge in [0.2, 0.25) is 5.91 Å². The molecule has 2 N–H and O–H groups in total. The van der Waals surface area contributed by atoms with Crippen molar-refractivity contribution in [3.63, 3.8) is 0 Å². The lowest BCUT2D eigenvalue weighted by Gasteiger charge is -2.36. The van der Waals surface area contributed by atoms with Gasteiger partial charge in [-0.25, -0.2) is 0 Å². The molecule has 7 nitrogen and oxygen atoms in total. The number of guanidine groups is 1. The van der Waals surface area contributed by atoms with Crippen molar-refractivity contribution in [3.8, 4) is 0 Å². The van der Waals surface area contributed by atoms with Crippen molar-refractivity contribution in [2.24, 2.45) is 4.99 Å². The van der Waals surface area contributed by atoms with Gasteiger partial charge in [0, 0.05) is 45.3 Å². The van der Waals surface area contributed by atoms with E-state index in [0.29, 0.717) is 12.6 Å². The number of carbonyl (C=O) groups excluding carboxylic acids is 1. The lowest BCUT2D eigenvalue weighted by Crippen LogP contribution is -2.54. The molecule has 1 aliphatic carbocycles.